The van der Waals surface area contributed by atoms with Gasteiger partial charge in [-0.25, -0.2) is 5.01 Å². The number of rotatable bonds is 6. The van der Waals surface area contributed by atoms with Crippen molar-refractivity contribution in [3.05, 3.63) is 70.7 Å². The third kappa shape index (κ3) is 4.76. The van der Waals surface area contributed by atoms with Crippen LogP contribution in [0.4, 0.5) is 0 Å². The summed E-state index contributed by atoms with van der Waals surface area (Å²) >= 11 is 6.10. The minimum absolute atomic E-state index is 0.0771. The van der Waals surface area contributed by atoms with Crippen LogP contribution in [0.5, 0.6) is 0 Å². The largest absolute Gasteiger partial charge is 0.292 e. The second-order valence-electron chi connectivity index (χ2n) is 8.28. The van der Waals surface area contributed by atoms with Crippen molar-refractivity contribution >= 4 is 23.2 Å². The van der Waals surface area contributed by atoms with E-state index in [1.807, 2.05) is 42.5 Å². The Morgan fingerprint density at radius 3 is 2.43 bits per heavy atom. The van der Waals surface area contributed by atoms with Gasteiger partial charge in [-0.2, -0.15) is 5.10 Å². The summed E-state index contributed by atoms with van der Waals surface area (Å²) < 4.78 is 0. The molecule has 2 aliphatic rings. The molecular weight excluding hydrogens is 394 g/mol. The van der Waals surface area contributed by atoms with E-state index in [-0.39, 0.29) is 11.9 Å². The monoisotopic (exact) mass is 423 g/mol. The zero-order valence-electron chi connectivity index (χ0n) is 17.6. The molecule has 30 heavy (non-hydrogen) atoms. The lowest BCUT2D eigenvalue weighted by atomic mass is 9.94. The molecule has 0 bridgehead atoms. The van der Waals surface area contributed by atoms with Crippen LogP contribution in [-0.2, 0) is 4.79 Å². The maximum atomic E-state index is 13.4. The number of amides is 1. The van der Waals surface area contributed by atoms with Crippen LogP contribution in [0.1, 0.15) is 62.6 Å². The molecule has 0 unspecified atom stereocenters. The Morgan fingerprint density at radius 2 is 1.77 bits per heavy atom. The number of likely N-dealkylation sites (N-methyl/N-ethyl adjacent to an activating group) is 1. The van der Waals surface area contributed by atoms with E-state index in [1.165, 1.54) is 32.1 Å². The Bertz CT molecular complexity index is 875. The highest BCUT2D eigenvalue weighted by atomic mass is 35.5. The predicted molar refractivity (Wildman–Crippen MR) is 123 cm³/mol. The van der Waals surface area contributed by atoms with Gasteiger partial charge in [-0.1, -0.05) is 80.3 Å². The number of carbonyl (C=O) groups is 1. The molecule has 2 aromatic carbocycles. The van der Waals surface area contributed by atoms with Gasteiger partial charge < -0.3 is 0 Å². The Balaban J connectivity index is 1.57. The molecule has 1 heterocycles. The van der Waals surface area contributed by atoms with Crippen LogP contribution in [0.3, 0.4) is 0 Å². The van der Waals surface area contributed by atoms with Crippen LogP contribution in [-0.4, -0.2) is 40.7 Å². The number of hydrazone groups is 1. The van der Waals surface area contributed by atoms with E-state index in [4.69, 9.17) is 16.7 Å². The van der Waals surface area contributed by atoms with Gasteiger partial charge in [0, 0.05) is 17.5 Å². The van der Waals surface area contributed by atoms with Crippen molar-refractivity contribution in [1.82, 2.24) is 9.91 Å². The van der Waals surface area contributed by atoms with Crippen molar-refractivity contribution in [3.63, 3.8) is 0 Å². The zero-order chi connectivity index (χ0) is 20.9. The third-order valence-electron chi connectivity index (χ3n) is 6.36. The number of hydrogen-bond acceptors (Lipinski definition) is 3. The van der Waals surface area contributed by atoms with Gasteiger partial charge in [-0.15, -0.1) is 0 Å². The molecule has 158 valence electrons. The summed E-state index contributed by atoms with van der Waals surface area (Å²) in [6, 6.07) is 18.4. The fraction of sp³-hybridized carbons (Fsp3) is 0.440. The van der Waals surface area contributed by atoms with Crippen molar-refractivity contribution in [3.8, 4) is 0 Å². The average Bonchev–Trinajstić information content (AvgIpc) is 3.25. The van der Waals surface area contributed by atoms with Crippen molar-refractivity contribution in [2.24, 2.45) is 5.10 Å². The Hall–Kier alpha value is -2.17. The molecular formula is C25H30ClN3O. The van der Waals surface area contributed by atoms with Gasteiger partial charge >= 0.3 is 0 Å². The first kappa shape index (κ1) is 21.1. The van der Waals surface area contributed by atoms with Gasteiger partial charge in [-0.05, 0) is 42.6 Å². The molecule has 1 saturated carbocycles. The van der Waals surface area contributed by atoms with Crippen LogP contribution < -0.4 is 0 Å². The van der Waals surface area contributed by atoms with Gasteiger partial charge in [0.1, 0.15) is 0 Å². The molecule has 0 N–H and O–H groups in total. The highest BCUT2D eigenvalue weighted by Crippen LogP contribution is 2.34. The number of nitrogens with zero attached hydrogens (tertiary/aromatic N) is 3. The van der Waals surface area contributed by atoms with E-state index in [1.54, 1.807) is 5.01 Å². The third-order valence-corrected chi connectivity index (χ3v) is 6.62. The lowest BCUT2D eigenvalue weighted by Gasteiger charge is -2.34. The number of halogens is 1. The minimum Gasteiger partial charge on any atom is -0.292 e. The Labute approximate surface area is 184 Å². The molecule has 1 fully saturated rings. The first-order valence-electron chi connectivity index (χ1n) is 11.1. The minimum atomic E-state index is -0.0879. The molecule has 2 aromatic rings. The molecule has 4 nitrogen and oxygen atoms in total. The second kappa shape index (κ2) is 9.76. The molecule has 4 rings (SSSR count). The average molecular weight is 424 g/mol. The fourth-order valence-corrected chi connectivity index (χ4v) is 4.81. The van der Waals surface area contributed by atoms with E-state index in [0.717, 1.165) is 23.4 Å². The molecule has 5 heteroatoms. The smallest absolute Gasteiger partial charge is 0.257 e. The second-order valence-corrected chi connectivity index (χ2v) is 8.71. The van der Waals surface area contributed by atoms with E-state index < -0.39 is 0 Å². The molecule has 1 aliphatic carbocycles. The highest BCUT2D eigenvalue weighted by Gasteiger charge is 2.34. The van der Waals surface area contributed by atoms with E-state index >= 15 is 0 Å². The summed E-state index contributed by atoms with van der Waals surface area (Å²) in [6.45, 7) is 3.48. The summed E-state index contributed by atoms with van der Waals surface area (Å²) in [5.41, 5.74) is 3.11. The van der Waals surface area contributed by atoms with Gasteiger partial charge in [0.05, 0.1) is 18.3 Å². The molecule has 0 radical (unpaired) electrons. The van der Waals surface area contributed by atoms with Crippen molar-refractivity contribution in [2.75, 3.05) is 13.1 Å². The maximum Gasteiger partial charge on any atom is 0.257 e. The van der Waals surface area contributed by atoms with Crippen molar-refractivity contribution in [1.29, 1.82) is 0 Å². The van der Waals surface area contributed by atoms with Crippen LogP contribution in [0.15, 0.2) is 59.7 Å². The topological polar surface area (TPSA) is 35.9 Å². The summed E-state index contributed by atoms with van der Waals surface area (Å²) in [5.74, 6) is 0.0771. The van der Waals surface area contributed by atoms with E-state index in [9.17, 15) is 4.79 Å². The van der Waals surface area contributed by atoms with Crippen LogP contribution >= 0.6 is 11.6 Å². The number of hydrogen-bond donors (Lipinski definition) is 0. The molecule has 1 amide bonds. The van der Waals surface area contributed by atoms with Crippen LogP contribution in [0.2, 0.25) is 5.02 Å². The molecule has 0 spiro atoms. The Morgan fingerprint density at radius 1 is 1.07 bits per heavy atom. The van der Waals surface area contributed by atoms with Gasteiger partial charge in [0.25, 0.3) is 5.91 Å². The summed E-state index contributed by atoms with van der Waals surface area (Å²) in [7, 11) is 0. The van der Waals surface area contributed by atoms with Gasteiger partial charge in [0.2, 0.25) is 0 Å². The van der Waals surface area contributed by atoms with Crippen molar-refractivity contribution in [2.45, 2.75) is 57.5 Å². The standard InChI is InChI=1S/C25H30ClN3O/c1-2-28(22-11-7-4-8-12-22)18-25(30)29-24(20-13-15-21(26)16-14-20)17-23(27-29)19-9-5-3-6-10-19/h3,5-6,9-10,13-16,22,24H,2,4,7-8,11-12,17-18H2,1H3/t24-/m1/s1. The van der Waals surface area contributed by atoms with Crippen LogP contribution in [0, 0.1) is 0 Å². The quantitative estimate of drug-likeness (QED) is 0.599. The highest BCUT2D eigenvalue weighted by molar-refractivity contribution is 6.30. The van der Waals surface area contributed by atoms with E-state index in [0.29, 0.717) is 24.0 Å². The maximum absolute atomic E-state index is 13.4. The predicted octanol–water partition coefficient (Wildman–Crippen LogP) is 5.67. The first-order valence-corrected chi connectivity index (χ1v) is 11.5. The first-order chi connectivity index (χ1) is 14.7. The molecule has 1 atom stereocenters. The number of carbonyl (C=O) groups excluding carboxylic acids is 1. The fourth-order valence-electron chi connectivity index (χ4n) is 4.68. The normalized spacial score (nSPS) is 19.9. The van der Waals surface area contributed by atoms with Crippen LogP contribution in [0.25, 0.3) is 0 Å². The number of benzene rings is 2. The summed E-state index contributed by atoms with van der Waals surface area (Å²) in [5, 5.41) is 7.23. The van der Waals surface area contributed by atoms with Crippen molar-refractivity contribution < 1.29 is 4.79 Å². The SMILES string of the molecule is CCN(CC(=O)N1N=C(c2ccccc2)C[C@@H]1c1ccc(Cl)cc1)C1CCCCC1. The lowest BCUT2D eigenvalue weighted by molar-refractivity contribution is -0.135. The Kier molecular flexibility index (Phi) is 6.86. The van der Waals surface area contributed by atoms with Gasteiger partial charge in [0.15, 0.2) is 0 Å². The lowest BCUT2D eigenvalue weighted by Crippen LogP contribution is -2.44. The van der Waals surface area contributed by atoms with E-state index in [2.05, 4.69) is 24.0 Å². The summed E-state index contributed by atoms with van der Waals surface area (Å²) in [6.07, 6.45) is 6.95. The molecule has 0 aromatic heterocycles. The zero-order valence-corrected chi connectivity index (χ0v) is 18.4. The molecule has 1 aliphatic heterocycles. The molecule has 0 saturated heterocycles. The van der Waals surface area contributed by atoms with Gasteiger partial charge in [-0.3, -0.25) is 9.69 Å². The summed E-state index contributed by atoms with van der Waals surface area (Å²) in [4.78, 5) is 15.8.